The van der Waals surface area contributed by atoms with Crippen molar-refractivity contribution in [1.29, 1.82) is 0 Å². The molecule has 0 aliphatic rings. The van der Waals surface area contributed by atoms with Crippen molar-refractivity contribution in [3.8, 4) is 22.8 Å². The first kappa shape index (κ1) is 24.4. The van der Waals surface area contributed by atoms with E-state index in [1.807, 2.05) is 13.2 Å². The van der Waals surface area contributed by atoms with Crippen molar-refractivity contribution in [2.24, 2.45) is 7.05 Å². The van der Waals surface area contributed by atoms with Gasteiger partial charge in [0.15, 0.2) is 11.6 Å². The standard InChI is InChI=1S/C24H26FN5O4S/c1-29-15-16(13-27-29)21-14-26-19-7-6-17(10-20(19)28-21)30(8-9-34-35(4,5)31)22-11-18(32-2)12-23(33-3)24(22)25/h6-7,10-15H,4,8-9H2,1-3,5H3. The predicted octanol–water partition coefficient (Wildman–Crippen LogP) is 3.60. The topological polar surface area (TPSA) is 91.6 Å². The van der Waals surface area contributed by atoms with Crippen LogP contribution in [-0.2, 0) is 21.0 Å². The van der Waals surface area contributed by atoms with Crippen molar-refractivity contribution >= 4 is 38.1 Å². The molecule has 0 N–H and O–H groups in total. The summed E-state index contributed by atoms with van der Waals surface area (Å²) in [6.45, 7) is 0.214. The lowest BCUT2D eigenvalue weighted by Crippen LogP contribution is -2.24. The van der Waals surface area contributed by atoms with E-state index in [9.17, 15) is 4.21 Å². The molecular weight excluding hydrogens is 473 g/mol. The van der Waals surface area contributed by atoms with E-state index >= 15 is 4.39 Å². The molecule has 9 nitrogen and oxygen atoms in total. The molecule has 0 bridgehead atoms. The second-order valence-corrected chi connectivity index (χ2v) is 9.98. The van der Waals surface area contributed by atoms with E-state index in [4.69, 9.17) is 18.6 Å². The molecule has 0 aliphatic carbocycles. The van der Waals surface area contributed by atoms with Gasteiger partial charge in [0.2, 0.25) is 0 Å². The fourth-order valence-electron chi connectivity index (χ4n) is 3.58. The first-order valence-electron chi connectivity index (χ1n) is 10.6. The number of nitrogens with zero attached hydrogens (tertiary/aromatic N) is 5. The van der Waals surface area contributed by atoms with Gasteiger partial charge in [-0.25, -0.2) is 13.6 Å². The summed E-state index contributed by atoms with van der Waals surface area (Å²) in [7, 11) is 2.01. The van der Waals surface area contributed by atoms with Crippen LogP contribution in [0.3, 0.4) is 0 Å². The highest BCUT2D eigenvalue weighted by molar-refractivity contribution is 7.95. The van der Waals surface area contributed by atoms with Crippen LogP contribution in [0.5, 0.6) is 11.5 Å². The van der Waals surface area contributed by atoms with Gasteiger partial charge in [0, 0.05) is 49.4 Å². The first-order chi connectivity index (χ1) is 16.7. The van der Waals surface area contributed by atoms with Crippen LogP contribution in [0.25, 0.3) is 22.3 Å². The third-order valence-corrected chi connectivity index (χ3v) is 5.89. The Morgan fingerprint density at radius 1 is 1.14 bits per heavy atom. The van der Waals surface area contributed by atoms with Gasteiger partial charge in [0.1, 0.15) is 5.75 Å². The molecule has 1 unspecified atom stereocenters. The summed E-state index contributed by atoms with van der Waals surface area (Å²) in [5, 5.41) is 4.19. The quantitative estimate of drug-likeness (QED) is 0.323. The summed E-state index contributed by atoms with van der Waals surface area (Å²) in [5.41, 5.74) is 3.60. The van der Waals surface area contributed by atoms with Crippen molar-refractivity contribution in [1.82, 2.24) is 19.7 Å². The van der Waals surface area contributed by atoms with E-state index in [1.54, 1.807) is 46.2 Å². The summed E-state index contributed by atoms with van der Waals surface area (Å²) in [5.74, 6) is 3.39. The average Bonchev–Trinajstić information content (AvgIpc) is 3.27. The van der Waals surface area contributed by atoms with Gasteiger partial charge in [-0.1, -0.05) is 0 Å². The van der Waals surface area contributed by atoms with Crippen LogP contribution in [0.15, 0.2) is 48.9 Å². The molecule has 35 heavy (non-hydrogen) atoms. The molecule has 0 saturated heterocycles. The minimum atomic E-state index is -2.69. The van der Waals surface area contributed by atoms with Gasteiger partial charge >= 0.3 is 0 Å². The summed E-state index contributed by atoms with van der Waals surface area (Å²) >= 11 is 0. The zero-order valence-corrected chi connectivity index (χ0v) is 20.7. The van der Waals surface area contributed by atoms with E-state index in [1.165, 1.54) is 26.5 Å². The minimum absolute atomic E-state index is 0.0289. The highest BCUT2D eigenvalue weighted by atomic mass is 32.2. The predicted molar refractivity (Wildman–Crippen MR) is 135 cm³/mol. The van der Waals surface area contributed by atoms with Gasteiger partial charge in [0.25, 0.3) is 0 Å². The molecule has 11 heteroatoms. The summed E-state index contributed by atoms with van der Waals surface area (Å²) in [6.07, 6.45) is 6.64. The Bertz CT molecular complexity index is 1470. The molecule has 2 aromatic heterocycles. The number of halogens is 1. The van der Waals surface area contributed by atoms with Gasteiger partial charge < -0.3 is 14.4 Å². The Morgan fingerprint density at radius 3 is 2.60 bits per heavy atom. The zero-order valence-electron chi connectivity index (χ0n) is 19.9. The Labute approximate surface area is 203 Å². The van der Waals surface area contributed by atoms with Crippen LogP contribution in [0.1, 0.15) is 0 Å². The van der Waals surface area contributed by atoms with Gasteiger partial charge in [0.05, 0.1) is 65.4 Å². The van der Waals surface area contributed by atoms with Crippen LogP contribution in [0, 0.1) is 5.82 Å². The third kappa shape index (κ3) is 5.52. The fraction of sp³-hybridized carbons (Fsp3) is 0.250. The molecule has 0 fully saturated rings. The van der Waals surface area contributed by atoms with E-state index < -0.39 is 15.6 Å². The van der Waals surface area contributed by atoms with Crippen LogP contribution in [-0.4, -0.2) is 63.5 Å². The lowest BCUT2D eigenvalue weighted by atomic mass is 10.2. The van der Waals surface area contributed by atoms with Gasteiger partial charge in [-0.2, -0.15) is 5.10 Å². The van der Waals surface area contributed by atoms with Crippen LogP contribution in [0.4, 0.5) is 15.8 Å². The number of rotatable bonds is 9. The second kappa shape index (κ2) is 9.88. The number of benzene rings is 2. The fourth-order valence-corrected chi connectivity index (χ4v) is 4.00. The van der Waals surface area contributed by atoms with E-state index in [2.05, 4.69) is 16.0 Å². The maximum atomic E-state index is 15.4. The largest absolute Gasteiger partial charge is 0.497 e. The van der Waals surface area contributed by atoms with Gasteiger partial charge in [-0.3, -0.25) is 13.8 Å². The Hall–Kier alpha value is -3.70. The van der Waals surface area contributed by atoms with Crippen molar-refractivity contribution in [3.05, 3.63) is 54.7 Å². The van der Waals surface area contributed by atoms with Crippen molar-refractivity contribution in [3.63, 3.8) is 0 Å². The number of hydrogen-bond donors (Lipinski definition) is 0. The summed E-state index contributed by atoms with van der Waals surface area (Å²) in [4.78, 5) is 10.9. The molecule has 0 radical (unpaired) electrons. The van der Waals surface area contributed by atoms with Crippen molar-refractivity contribution in [2.75, 3.05) is 38.5 Å². The zero-order chi connectivity index (χ0) is 25.2. The molecule has 1 atom stereocenters. The monoisotopic (exact) mass is 499 g/mol. The van der Waals surface area contributed by atoms with E-state index in [-0.39, 0.29) is 24.6 Å². The van der Waals surface area contributed by atoms with Crippen molar-refractivity contribution < 1.29 is 22.3 Å². The normalized spacial score (nSPS) is 12.9. The van der Waals surface area contributed by atoms with Crippen LogP contribution < -0.4 is 14.4 Å². The van der Waals surface area contributed by atoms with Crippen LogP contribution in [0.2, 0.25) is 0 Å². The SMILES string of the molecule is C=S(C)(=O)OCCN(c1ccc2ncc(-c3cnn(C)c3)nc2c1)c1cc(OC)cc(OC)c1F. The lowest BCUT2D eigenvalue weighted by Gasteiger charge is -2.26. The number of aromatic nitrogens is 4. The molecule has 0 saturated carbocycles. The number of hydrogen-bond acceptors (Lipinski definition) is 8. The number of aryl methyl sites for hydroxylation is 1. The maximum Gasteiger partial charge on any atom is 0.188 e. The number of anilines is 2. The smallest absolute Gasteiger partial charge is 0.188 e. The maximum absolute atomic E-state index is 15.4. The van der Waals surface area contributed by atoms with Gasteiger partial charge in [-0.15, -0.1) is 0 Å². The minimum Gasteiger partial charge on any atom is -0.497 e. The Morgan fingerprint density at radius 2 is 1.94 bits per heavy atom. The molecule has 4 rings (SSSR count). The molecule has 0 amide bonds. The second-order valence-electron chi connectivity index (χ2n) is 7.89. The lowest BCUT2D eigenvalue weighted by molar-refractivity contribution is 0.355. The highest BCUT2D eigenvalue weighted by Crippen LogP contribution is 2.37. The average molecular weight is 500 g/mol. The molecule has 2 heterocycles. The summed E-state index contributed by atoms with van der Waals surface area (Å²) < 4.78 is 45.0. The Balaban J connectivity index is 1.81. The van der Waals surface area contributed by atoms with E-state index in [0.717, 1.165) is 5.56 Å². The third-order valence-electron chi connectivity index (χ3n) is 5.23. The van der Waals surface area contributed by atoms with Gasteiger partial charge in [-0.05, 0) is 24.1 Å². The molecule has 2 aromatic carbocycles. The summed E-state index contributed by atoms with van der Waals surface area (Å²) in [6, 6.07) is 8.44. The molecule has 4 aromatic rings. The molecule has 0 aliphatic heterocycles. The number of methoxy groups -OCH3 is 2. The molecular formula is C24H26FN5O4S. The highest BCUT2D eigenvalue weighted by Gasteiger charge is 2.20. The Kier molecular flexibility index (Phi) is 6.90. The number of ether oxygens (including phenoxy) is 2. The van der Waals surface area contributed by atoms with Crippen molar-refractivity contribution in [2.45, 2.75) is 0 Å². The van der Waals surface area contributed by atoms with Crippen LogP contribution >= 0.6 is 0 Å². The first-order valence-corrected chi connectivity index (χ1v) is 12.7. The molecule has 0 spiro atoms. The number of fused-ring (bicyclic) bond motifs is 1. The molecule has 184 valence electrons. The van der Waals surface area contributed by atoms with E-state index in [0.29, 0.717) is 28.2 Å².